The van der Waals surface area contributed by atoms with Gasteiger partial charge in [-0.3, -0.25) is 16.1 Å². The highest BCUT2D eigenvalue weighted by Crippen LogP contribution is 2.45. The van der Waals surface area contributed by atoms with Gasteiger partial charge in [0.15, 0.2) is 17.4 Å². The van der Waals surface area contributed by atoms with E-state index in [0.717, 1.165) is 5.56 Å². The van der Waals surface area contributed by atoms with Gasteiger partial charge in [0, 0.05) is 23.7 Å². The van der Waals surface area contributed by atoms with Gasteiger partial charge in [-0.05, 0) is 37.1 Å². The minimum absolute atomic E-state index is 0.250. The summed E-state index contributed by atoms with van der Waals surface area (Å²) in [6.45, 7) is 3.61. The van der Waals surface area contributed by atoms with E-state index in [-0.39, 0.29) is 11.0 Å². The molecule has 4 N–H and O–H groups in total. The molecule has 26 heavy (non-hydrogen) atoms. The molecule has 136 valence electrons. The molecule has 2 aromatic heterocycles. The van der Waals surface area contributed by atoms with Crippen LogP contribution in [0.2, 0.25) is 5.15 Å². The number of nitrogens with one attached hydrogen (secondary N) is 2. The number of hydrogen-bond acceptors (Lipinski definition) is 4. The van der Waals surface area contributed by atoms with Gasteiger partial charge in [-0.1, -0.05) is 17.7 Å². The predicted octanol–water partition coefficient (Wildman–Crippen LogP) is 4.37. The molecular formula is C18H17ClFN3O3. The molecule has 0 bridgehead atoms. The molecule has 0 saturated heterocycles. The predicted molar refractivity (Wildman–Crippen MR) is 96.4 cm³/mol. The van der Waals surface area contributed by atoms with Crippen molar-refractivity contribution in [2.45, 2.75) is 13.8 Å². The summed E-state index contributed by atoms with van der Waals surface area (Å²) in [6, 6.07) is 3.94. The minimum Gasteiger partial charge on any atom is -0.505 e. The number of benzene rings is 1. The summed E-state index contributed by atoms with van der Waals surface area (Å²) in [5.74, 6) is -0.930. The fourth-order valence-corrected chi connectivity index (χ4v) is 3.40. The maximum atomic E-state index is 13.9. The smallest absolute Gasteiger partial charge is 0.167 e. The fourth-order valence-electron chi connectivity index (χ4n) is 3.12. The number of amidine groups is 1. The van der Waals surface area contributed by atoms with Crippen LogP contribution in [0.5, 0.6) is 5.75 Å². The Morgan fingerprint density at radius 1 is 1.27 bits per heavy atom. The van der Waals surface area contributed by atoms with Crippen LogP contribution < -0.4 is 5.48 Å². The fraction of sp³-hybridized carbons (Fsp3) is 0.167. The second-order valence-electron chi connectivity index (χ2n) is 5.95. The van der Waals surface area contributed by atoms with E-state index in [0.29, 0.717) is 33.7 Å². The van der Waals surface area contributed by atoms with Crippen LogP contribution >= 0.6 is 11.6 Å². The standard InChI is InChI=1S/C18H17ClFN3O3/c1-8-7-26-9(2)13(8)15-14(10-4-5-12(24)11(20)6-10)17(19)23(3)16(15)18(21)22-25/h4-7,24-25H,1-3H3,(H2,21,22). The van der Waals surface area contributed by atoms with Gasteiger partial charge in [0.25, 0.3) is 0 Å². The van der Waals surface area contributed by atoms with Crippen LogP contribution in [0.25, 0.3) is 22.3 Å². The van der Waals surface area contributed by atoms with E-state index >= 15 is 0 Å². The molecule has 0 aliphatic rings. The summed E-state index contributed by atoms with van der Waals surface area (Å²) >= 11 is 6.51. The molecule has 0 spiro atoms. The second kappa shape index (κ2) is 6.51. The van der Waals surface area contributed by atoms with Crippen molar-refractivity contribution in [2.75, 3.05) is 0 Å². The van der Waals surface area contributed by atoms with E-state index in [2.05, 4.69) is 0 Å². The summed E-state index contributed by atoms with van der Waals surface area (Å²) in [4.78, 5) is 0. The Kier molecular flexibility index (Phi) is 4.52. The first-order valence-corrected chi connectivity index (χ1v) is 8.06. The Bertz CT molecular complexity index is 1000. The van der Waals surface area contributed by atoms with Crippen molar-refractivity contribution < 1.29 is 19.1 Å². The van der Waals surface area contributed by atoms with E-state index in [1.807, 2.05) is 12.4 Å². The number of aromatic hydroxyl groups is 1. The quantitative estimate of drug-likeness (QED) is 0.309. The normalized spacial score (nSPS) is 11.0. The van der Waals surface area contributed by atoms with Gasteiger partial charge >= 0.3 is 0 Å². The molecule has 6 nitrogen and oxygen atoms in total. The van der Waals surface area contributed by atoms with Crippen LogP contribution in [0.4, 0.5) is 4.39 Å². The van der Waals surface area contributed by atoms with Crippen molar-refractivity contribution in [3.05, 3.63) is 52.5 Å². The average Bonchev–Trinajstić information content (AvgIpc) is 3.06. The highest BCUT2D eigenvalue weighted by atomic mass is 35.5. The molecule has 2 heterocycles. The molecule has 3 rings (SSSR count). The van der Waals surface area contributed by atoms with Gasteiger partial charge in [0.1, 0.15) is 10.9 Å². The van der Waals surface area contributed by atoms with Crippen molar-refractivity contribution >= 4 is 17.4 Å². The van der Waals surface area contributed by atoms with Gasteiger partial charge < -0.3 is 14.1 Å². The highest BCUT2D eigenvalue weighted by molar-refractivity contribution is 6.34. The lowest BCUT2D eigenvalue weighted by Gasteiger charge is -2.10. The number of halogens is 2. The van der Waals surface area contributed by atoms with Crippen LogP contribution in [0.1, 0.15) is 17.0 Å². The Morgan fingerprint density at radius 3 is 2.50 bits per heavy atom. The lowest BCUT2D eigenvalue weighted by molar-refractivity contribution is 0.233. The third kappa shape index (κ3) is 2.65. The number of nitrogens with zero attached hydrogens (tertiary/aromatic N) is 1. The van der Waals surface area contributed by atoms with Crippen LogP contribution in [0.3, 0.4) is 0 Å². The van der Waals surface area contributed by atoms with E-state index in [9.17, 15) is 14.7 Å². The van der Waals surface area contributed by atoms with Crippen LogP contribution in [0.15, 0.2) is 28.9 Å². The molecule has 1 aromatic carbocycles. The minimum atomic E-state index is -0.786. The number of phenols is 1. The maximum absolute atomic E-state index is 13.9. The van der Waals surface area contributed by atoms with Gasteiger partial charge in [-0.25, -0.2) is 4.39 Å². The summed E-state index contributed by atoms with van der Waals surface area (Å²) in [7, 11) is 1.64. The first-order valence-electron chi connectivity index (χ1n) is 7.69. The monoisotopic (exact) mass is 377 g/mol. The molecule has 0 fully saturated rings. The molecule has 0 aliphatic carbocycles. The summed E-state index contributed by atoms with van der Waals surface area (Å²) in [6.07, 6.45) is 1.58. The zero-order valence-electron chi connectivity index (χ0n) is 14.3. The lowest BCUT2D eigenvalue weighted by atomic mass is 9.94. The zero-order chi connectivity index (χ0) is 19.2. The first-order chi connectivity index (χ1) is 12.3. The van der Waals surface area contributed by atoms with E-state index in [1.165, 1.54) is 22.8 Å². The number of aryl methyl sites for hydroxylation is 2. The van der Waals surface area contributed by atoms with Crippen molar-refractivity contribution in [3.63, 3.8) is 0 Å². The molecule has 0 radical (unpaired) electrons. The molecule has 0 aliphatic heterocycles. The molecule has 0 unspecified atom stereocenters. The van der Waals surface area contributed by atoms with Crippen LogP contribution in [-0.4, -0.2) is 20.7 Å². The molecule has 0 atom stereocenters. The molecular weight excluding hydrogens is 361 g/mol. The third-order valence-electron chi connectivity index (χ3n) is 4.32. The number of hydrogen-bond donors (Lipinski definition) is 4. The molecule has 3 aromatic rings. The van der Waals surface area contributed by atoms with Gasteiger partial charge in [-0.15, -0.1) is 0 Å². The van der Waals surface area contributed by atoms with Crippen molar-refractivity contribution in [3.8, 4) is 28.0 Å². The Balaban J connectivity index is 2.45. The Labute approximate surface area is 153 Å². The van der Waals surface area contributed by atoms with Crippen molar-refractivity contribution in [1.82, 2.24) is 10.0 Å². The second-order valence-corrected chi connectivity index (χ2v) is 6.31. The summed E-state index contributed by atoms with van der Waals surface area (Å²) in [5.41, 5.74) is 5.07. The Hall–Kier alpha value is -2.77. The number of furan rings is 1. The van der Waals surface area contributed by atoms with Crippen LogP contribution in [0, 0.1) is 25.1 Å². The zero-order valence-corrected chi connectivity index (χ0v) is 15.1. The number of hydroxylamine groups is 1. The number of rotatable bonds is 3. The first kappa shape index (κ1) is 18.0. The molecule has 0 saturated carbocycles. The molecule has 0 amide bonds. The van der Waals surface area contributed by atoms with Crippen molar-refractivity contribution in [1.29, 1.82) is 5.41 Å². The van der Waals surface area contributed by atoms with E-state index in [1.54, 1.807) is 20.2 Å². The maximum Gasteiger partial charge on any atom is 0.167 e. The number of aromatic nitrogens is 1. The summed E-state index contributed by atoms with van der Waals surface area (Å²) < 4.78 is 21.0. The topological polar surface area (TPSA) is 94.4 Å². The number of phenolic OH excluding ortho intramolecular Hbond substituents is 1. The Morgan fingerprint density at radius 2 is 1.96 bits per heavy atom. The average molecular weight is 378 g/mol. The molecule has 8 heteroatoms. The highest BCUT2D eigenvalue weighted by Gasteiger charge is 2.28. The van der Waals surface area contributed by atoms with Crippen LogP contribution in [-0.2, 0) is 7.05 Å². The van der Waals surface area contributed by atoms with E-state index in [4.69, 9.17) is 21.4 Å². The largest absolute Gasteiger partial charge is 0.505 e. The lowest BCUT2D eigenvalue weighted by Crippen LogP contribution is -2.22. The van der Waals surface area contributed by atoms with Crippen molar-refractivity contribution in [2.24, 2.45) is 7.05 Å². The van der Waals surface area contributed by atoms with Gasteiger partial charge in [-0.2, -0.15) is 0 Å². The SMILES string of the molecule is Cc1coc(C)c1-c1c(-c2ccc(O)c(F)c2)c(Cl)n(C)c1C(=N)NO. The summed E-state index contributed by atoms with van der Waals surface area (Å²) in [5, 5.41) is 27.1. The van der Waals surface area contributed by atoms with E-state index < -0.39 is 11.6 Å². The van der Waals surface area contributed by atoms with Gasteiger partial charge in [0.2, 0.25) is 0 Å². The van der Waals surface area contributed by atoms with Gasteiger partial charge in [0.05, 0.1) is 12.0 Å². The third-order valence-corrected chi connectivity index (χ3v) is 4.76.